The third kappa shape index (κ3) is 4.74. The number of fused-ring (bicyclic) bond motifs is 1. The van der Waals surface area contributed by atoms with Crippen molar-refractivity contribution in [2.24, 2.45) is 0 Å². The quantitative estimate of drug-likeness (QED) is 0.313. The van der Waals surface area contributed by atoms with Crippen LogP contribution in [0.2, 0.25) is 0 Å². The summed E-state index contributed by atoms with van der Waals surface area (Å²) in [6.07, 6.45) is 1.30. The standard InChI is InChI=1S/C29H31N3O3/c1-20-9-10-21(2)27(17-20)35-16-6-15-31-26-8-5-4-7-25(26)30-29(31)22-18-28(33)32(19-22)23-11-13-24(34-3)14-12-23/h4-5,7-14,17,22H,6,15-16,18-19H2,1-3H3/t22-/m0/s1. The number of nitrogens with zero attached hydrogens (tertiary/aromatic N) is 3. The molecule has 1 amide bonds. The molecule has 1 aliphatic rings. The predicted molar refractivity (Wildman–Crippen MR) is 138 cm³/mol. The van der Waals surface area contributed by atoms with Crippen LogP contribution < -0.4 is 14.4 Å². The number of rotatable bonds is 8. The smallest absolute Gasteiger partial charge is 0.227 e. The summed E-state index contributed by atoms with van der Waals surface area (Å²) < 4.78 is 13.6. The molecule has 1 saturated heterocycles. The molecule has 0 bridgehead atoms. The second-order valence-electron chi connectivity index (χ2n) is 9.18. The van der Waals surface area contributed by atoms with E-state index in [-0.39, 0.29) is 11.8 Å². The van der Waals surface area contributed by atoms with Crippen LogP contribution in [0.5, 0.6) is 11.5 Å². The third-order valence-corrected chi connectivity index (χ3v) is 6.69. The average molecular weight is 470 g/mol. The molecule has 1 atom stereocenters. The summed E-state index contributed by atoms with van der Waals surface area (Å²) >= 11 is 0. The monoisotopic (exact) mass is 469 g/mol. The van der Waals surface area contributed by atoms with E-state index in [1.54, 1.807) is 7.11 Å². The van der Waals surface area contributed by atoms with Crippen LogP contribution >= 0.6 is 0 Å². The number of imidazole rings is 1. The van der Waals surface area contributed by atoms with Gasteiger partial charge in [0.25, 0.3) is 0 Å². The molecule has 1 fully saturated rings. The molecule has 6 nitrogen and oxygen atoms in total. The highest BCUT2D eigenvalue weighted by atomic mass is 16.5. The zero-order valence-corrected chi connectivity index (χ0v) is 20.5. The number of benzene rings is 3. The summed E-state index contributed by atoms with van der Waals surface area (Å²) in [4.78, 5) is 19.8. The van der Waals surface area contributed by atoms with E-state index in [1.807, 2.05) is 47.4 Å². The number of aryl methyl sites for hydroxylation is 3. The van der Waals surface area contributed by atoms with E-state index in [2.05, 4.69) is 42.7 Å². The number of aromatic nitrogens is 2. The predicted octanol–water partition coefficient (Wildman–Crippen LogP) is 5.65. The van der Waals surface area contributed by atoms with E-state index >= 15 is 0 Å². The molecule has 0 spiro atoms. The van der Waals surface area contributed by atoms with Crippen LogP contribution in [0.4, 0.5) is 5.69 Å². The first kappa shape index (κ1) is 23.0. The van der Waals surface area contributed by atoms with Gasteiger partial charge in [-0.3, -0.25) is 4.79 Å². The van der Waals surface area contributed by atoms with Crippen LogP contribution in [0, 0.1) is 13.8 Å². The molecule has 0 unspecified atom stereocenters. The Kier molecular flexibility index (Phi) is 6.45. The Balaban J connectivity index is 1.34. The molecule has 4 aromatic rings. The van der Waals surface area contributed by atoms with Gasteiger partial charge in [0, 0.05) is 31.1 Å². The van der Waals surface area contributed by atoms with Crippen LogP contribution in [0.1, 0.15) is 35.7 Å². The summed E-state index contributed by atoms with van der Waals surface area (Å²) in [6, 6.07) is 22.1. The van der Waals surface area contributed by atoms with E-state index in [1.165, 1.54) is 5.56 Å². The summed E-state index contributed by atoms with van der Waals surface area (Å²) in [7, 11) is 1.64. The number of hydrogen-bond acceptors (Lipinski definition) is 4. The summed E-state index contributed by atoms with van der Waals surface area (Å²) in [5.41, 5.74) is 5.30. The fourth-order valence-electron chi connectivity index (χ4n) is 4.80. The average Bonchev–Trinajstić information content (AvgIpc) is 3.44. The lowest BCUT2D eigenvalue weighted by atomic mass is 10.1. The largest absolute Gasteiger partial charge is 0.497 e. The molecule has 0 radical (unpaired) electrons. The lowest BCUT2D eigenvalue weighted by Gasteiger charge is -2.18. The van der Waals surface area contributed by atoms with Crippen molar-refractivity contribution in [2.45, 2.75) is 39.2 Å². The Labute approximate surface area is 206 Å². The van der Waals surface area contributed by atoms with Crippen molar-refractivity contribution in [1.29, 1.82) is 0 Å². The molecule has 6 heteroatoms. The maximum absolute atomic E-state index is 13.0. The van der Waals surface area contributed by atoms with Crippen molar-refractivity contribution < 1.29 is 14.3 Å². The van der Waals surface area contributed by atoms with E-state index in [4.69, 9.17) is 14.5 Å². The van der Waals surface area contributed by atoms with Crippen LogP contribution in [0.25, 0.3) is 11.0 Å². The normalized spacial score (nSPS) is 15.7. The molecule has 1 aliphatic heterocycles. The number of amides is 1. The van der Waals surface area contributed by atoms with Gasteiger partial charge < -0.3 is 18.9 Å². The lowest BCUT2D eigenvalue weighted by Crippen LogP contribution is -2.24. The highest BCUT2D eigenvalue weighted by molar-refractivity contribution is 5.96. The number of para-hydroxylation sites is 2. The second-order valence-corrected chi connectivity index (χ2v) is 9.18. The van der Waals surface area contributed by atoms with Crippen molar-refractivity contribution in [2.75, 3.05) is 25.2 Å². The van der Waals surface area contributed by atoms with Gasteiger partial charge in [-0.1, -0.05) is 24.3 Å². The van der Waals surface area contributed by atoms with Gasteiger partial charge >= 0.3 is 0 Å². The number of anilines is 1. The van der Waals surface area contributed by atoms with E-state index in [9.17, 15) is 4.79 Å². The highest BCUT2D eigenvalue weighted by Crippen LogP contribution is 2.34. The van der Waals surface area contributed by atoms with Crippen molar-refractivity contribution in [3.63, 3.8) is 0 Å². The van der Waals surface area contributed by atoms with Gasteiger partial charge in [-0.05, 0) is 73.9 Å². The second kappa shape index (κ2) is 9.82. The van der Waals surface area contributed by atoms with Crippen LogP contribution in [-0.4, -0.2) is 35.7 Å². The fraction of sp³-hybridized carbons (Fsp3) is 0.310. The molecule has 0 saturated carbocycles. The lowest BCUT2D eigenvalue weighted by molar-refractivity contribution is -0.117. The number of methoxy groups -OCH3 is 1. The first-order valence-corrected chi connectivity index (χ1v) is 12.1. The van der Waals surface area contributed by atoms with E-state index in [0.717, 1.165) is 52.6 Å². The Hall–Kier alpha value is -3.80. The molecule has 3 aromatic carbocycles. The zero-order valence-electron chi connectivity index (χ0n) is 20.5. The maximum atomic E-state index is 13.0. The van der Waals surface area contributed by atoms with Crippen molar-refractivity contribution >= 4 is 22.6 Å². The molecule has 1 aromatic heterocycles. The summed E-state index contributed by atoms with van der Waals surface area (Å²) in [5, 5.41) is 0. The minimum absolute atomic E-state index is 0.0388. The Morgan fingerprint density at radius 2 is 1.83 bits per heavy atom. The minimum atomic E-state index is 0.0388. The molecule has 5 rings (SSSR count). The van der Waals surface area contributed by atoms with Crippen LogP contribution in [-0.2, 0) is 11.3 Å². The highest BCUT2D eigenvalue weighted by Gasteiger charge is 2.34. The number of hydrogen-bond donors (Lipinski definition) is 0. The van der Waals surface area contributed by atoms with Gasteiger partial charge in [0.05, 0.1) is 24.8 Å². The molecular weight excluding hydrogens is 438 g/mol. The van der Waals surface area contributed by atoms with Gasteiger partial charge in [-0.15, -0.1) is 0 Å². The van der Waals surface area contributed by atoms with Gasteiger partial charge in [0.2, 0.25) is 5.91 Å². The van der Waals surface area contributed by atoms with Crippen molar-refractivity contribution in [1.82, 2.24) is 9.55 Å². The first-order chi connectivity index (χ1) is 17.0. The van der Waals surface area contributed by atoms with Crippen LogP contribution in [0.15, 0.2) is 66.7 Å². The first-order valence-electron chi connectivity index (χ1n) is 12.1. The topological polar surface area (TPSA) is 56.6 Å². The van der Waals surface area contributed by atoms with Crippen molar-refractivity contribution in [3.05, 3.63) is 83.7 Å². The Morgan fingerprint density at radius 3 is 2.63 bits per heavy atom. The molecule has 2 heterocycles. The minimum Gasteiger partial charge on any atom is -0.497 e. The SMILES string of the molecule is COc1ccc(N2C[C@@H](c3nc4ccccc4n3CCCOc3cc(C)ccc3C)CC2=O)cc1. The van der Waals surface area contributed by atoms with Crippen molar-refractivity contribution in [3.8, 4) is 11.5 Å². The van der Waals surface area contributed by atoms with E-state index in [0.29, 0.717) is 19.6 Å². The van der Waals surface area contributed by atoms with Gasteiger partial charge in [0.1, 0.15) is 17.3 Å². The zero-order chi connectivity index (χ0) is 24.4. The summed E-state index contributed by atoms with van der Waals surface area (Å²) in [6.45, 7) is 6.18. The Bertz CT molecular complexity index is 1340. The molecule has 0 N–H and O–H groups in total. The van der Waals surface area contributed by atoms with Gasteiger partial charge in [-0.2, -0.15) is 0 Å². The number of ether oxygens (including phenoxy) is 2. The van der Waals surface area contributed by atoms with Crippen LogP contribution in [0.3, 0.4) is 0 Å². The maximum Gasteiger partial charge on any atom is 0.227 e. The molecule has 0 aliphatic carbocycles. The molecule has 180 valence electrons. The Morgan fingerprint density at radius 1 is 1.03 bits per heavy atom. The number of carbonyl (C=O) groups excluding carboxylic acids is 1. The number of carbonyl (C=O) groups is 1. The van der Waals surface area contributed by atoms with Gasteiger partial charge in [0.15, 0.2) is 0 Å². The van der Waals surface area contributed by atoms with Gasteiger partial charge in [-0.25, -0.2) is 4.98 Å². The molecular formula is C29H31N3O3. The fourth-order valence-corrected chi connectivity index (χ4v) is 4.80. The molecule has 35 heavy (non-hydrogen) atoms. The third-order valence-electron chi connectivity index (χ3n) is 6.69. The summed E-state index contributed by atoms with van der Waals surface area (Å²) in [5.74, 6) is 2.86. The van der Waals surface area contributed by atoms with E-state index < -0.39 is 0 Å².